The van der Waals surface area contributed by atoms with Gasteiger partial charge in [-0.05, 0) is 57.3 Å². The summed E-state index contributed by atoms with van der Waals surface area (Å²) in [6.07, 6.45) is 2.25. The van der Waals surface area contributed by atoms with E-state index in [4.69, 9.17) is 4.52 Å². The zero-order valence-corrected chi connectivity index (χ0v) is 12.7. The first kappa shape index (κ1) is 11.8. The highest BCUT2D eigenvalue weighted by atomic mass is 79.9. The number of nitrogens with zero attached hydrogens (tertiary/aromatic N) is 2. The van der Waals surface area contributed by atoms with Crippen LogP contribution in [0.4, 0.5) is 0 Å². The number of hydrogen-bond acceptors (Lipinski definition) is 5. The van der Waals surface area contributed by atoms with Gasteiger partial charge >= 0.3 is 0 Å². The second-order valence-electron chi connectivity index (χ2n) is 3.84. The fourth-order valence-corrected chi connectivity index (χ4v) is 4.65. The molecule has 1 fully saturated rings. The van der Waals surface area contributed by atoms with Crippen molar-refractivity contribution in [1.29, 1.82) is 0 Å². The fourth-order valence-electron chi connectivity index (χ4n) is 1.88. The summed E-state index contributed by atoms with van der Waals surface area (Å²) in [5, 5.41) is 7.40. The van der Waals surface area contributed by atoms with Gasteiger partial charge in [-0.25, -0.2) is 0 Å². The van der Waals surface area contributed by atoms with Crippen LogP contribution in [-0.4, -0.2) is 16.7 Å². The van der Waals surface area contributed by atoms with E-state index < -0.39 is 0 Å². The van der Waals surface area contributed by atoms with Crippen molar-refractivity contribution in [3.05, 3.63) is 19.5 Å². The van der Waals surface area contributed by atoms with E-state index in [1.807, 2.05) is 6.07 Å². The molecular formula is C10H9Br2N3OS. The van der Waals surface area contributed by atoms with Gasteiger partial charge in [-0.1, -0.05) is 5.16 Å². The molecule has 0 amide bonds. The Kier molecular flexibility index (Phi) is 3.34. The molecule has 4 nitrogen and oxygen atoms in total. The molecule has 17 heavy (non-hydrogen) atoms. The van der Waals surface area contributed by atoms with Gasteiger partial charge in [0, 0.05) is 0 Å². The molecule has 1 N–H and O–H groups in total. The van der Waals surface area contributed by atoms with E-state index in [1.54, 1.807) is 11.3 Å². The Bertz CT molecular complexity index is 533. The molecule has 3 heterocycles. The summed E-state index contributed by atoms with van der Waals surface area (Å²) < 4.78 is 7.35. The molecule has 1 atom stereocenters. The van der Waals surface area contributed by atoms with Crippen LogP contribution in [0.15, 0.2) is 18.2 Å². The van der Waals surface area contributed by atoms with Gasteiger partial charge in [0.05, 0.1) is 19.2 Å². The van der Waals surface area contributed by atoms with Gasteiger partial charge in [-0.3, -0.25) is 0 Å². The van der Waals surface area contributed by atoms with Crippen LogP contribution in [0.1, 0.15) is 24.7 Å². The Balaban J connectivity index is 1.91. The topological polar surface area (TPSA) is 51.0 Å². The van der Waals surface area contributed by atoms with Crippen LogP contribution in [-0.2, 0) is 0 Å². The highest BCUT2D eigenvalue weighted by Gasteiger charge is 2.23. The molecule has 7 heteroatoms. The smallest absolute Gasteiger partial charge is 0.260 e. The monoisotopic (exact) mass is 377 g/mol. The normalized spacial score (nSPS) is 20.0. The molecule has 0 aromatic carbocycles. The minimum absolute atomic E-state index is 0.244. The highest BCUT2D eigenvalue weighted by Crippen LogP contribution is 2.38. The summed E-state index contributed by atoms with van der Waals surface area (Å²) in [6, 6.07) is 2.22. The summed E-state index contributed by atoms with van der Waals surface area (Å²) >= 11 is 8.53. The number of rotatable bonds is 2. The van der Waals surface area contributed by atoms with Gasteiger partial charge in [0.15, 0.2) is 5.82 Å². The lowest BCUT2D eigenvalue weighted by Crippen LogP contribution is -2.14. The second kappa shape index (κ2) is 4.79. The van der Waals surface area contributed by atoms with Crippen LogP contribution in [0.2, 0.25) is 0 Å². The van der Waals surface area contributed by atoms with E-state index in [1.165, 1.54) is 6.42 Å². The first-order valence-electron chi connectivity index (χ1n) is 5.26. The largest absolute Gasteiger partial charge is 0.334 e. The van der Waals surface area contributed by atoms with Crippen LogP contribution >= 0.6 is 43.2 Å². The zero-order chi connectivity index (χ0) is 11.8. The lowest BCUT2D eigenvalue weighted by atomic mass is 10.2. The molecule has 0 aliphatic carbocycles. The summed E-state index contributed by atoms with van der Waals surface area (Å²) in [4.78, 5) is 4.45. The van der Waals surface area contributed by atoms with Crippen molar-refractivity contribution < 1.29 is 4.52 Å². The van der Waals surface area contributed by atoms with E-state index in [2.05, 4.69) is 47.3 Å². The molecule has 0 radical (unpaired) electrons. The zero-order valence-electron chi connectivity index (χ0n) is 8.74. The highest BCUT2D eigenvalue weighted by molar-refractivity contribution is 9.12. The Morgan fingerprint density at radius 3 is 3.00 bits per heavy atom. The van der Waals surface area contributed by atoms with Crippen molar-refractivity contribution in [3.8, 4) is 11.5 Å². The fraction of sp³-hybridized carbons (Fsp3) is 0.400. The van der Waals surface area contributed by atoms with Crippen LogP contribution in [0.5, 0.6) is 0 Å². The molecule has 0 saturated carbocycles. The van der Waals surface area contributed by atoms with Crippen LogP contribution in [0, 0.1) is 0 Å². The van der Waals surface area contributed by atoms with Gasteiger partial charge in [0.1, 0.15) is 0 Å². The van der Waals surface area contributed by atoms with Gasteiger partial charge in [0.25, 0.3) is 5.89 Å². The van der Waals surface area contributed by atoms with E-state index in [-0.39, 0.29) is 6.04 Å². The summed E-state index contributed by atoms with van der Waals surface area (Å²) in [5.74, 6) is 1.33. The lowest BCUT2D eigenvalue weighted by molar-refractivity contribution is 0.412. The average Bonchev–Trinajstić information content (AvgIpc) is 2.97. The first-order chi connectivity index (χ1) is 8.24. The van der Waals surface area contributed by atoms with Crippen molar-refractivity contribution >= 4 is 43.2 Å². The van der Waals surface area contributed by atoms with Crippen molar-refractivity contribution in [2.24, 2.45) is 0 Å². The first-order valence-corrected chi connectivity index (χ1v) is 7.66. The molecule has 1 aliphatic heterocycles. The quantitative estimate of drug-likeness (QED) is 0.864. The van der Waals surface area contributed by atoms with Crippen LogP contribution < -0.4 is 5.32 Å². The summed E-state index contributed by atoms with van der Waals surface area (Å²) in [7, 11) is 0. The third-order valence-electron chi connectivity index (χ3n) is 2.70. The maximum Gasteiger partial charge on any atom is 0.260 e. The number of hydrogen-bond donors (Lipinski definition) is 1. The van der Waals surface area contributed by atoms with Gasteiger partial charge in [-0.2, -0.15) is 4.98 Å². The molecule has 3 rings (SSSR count). The molecule has 2 aromatic rings. The minimum Gasteiger partial charge on any atom is -0.334 e. The van der Waals surface area contributed by atoms with Crippen molar-refractivity contribution in [2.45, 2.75) is 18.9 Å². The Morgan fingerprint density at radius 1 is 1.47 bits per heavy atom. The lowest BCUT2D eigenvalue weighted by Gasteiger charge is -2.01. The van der Waals surface area contributed by atoms with Crippen molar-refractivity contribution in [3.63, 3.8) is 0 Å². The molecule has 1 saturated heterocycles. The predicted molar refractivity (Wildman–Crippen MR) is 73.0 cm³/mol. The van der Waals surface area contributed by atoms with E-state index >= 15 is 0 Å². The molecule has 2 aromatic heterocycles. The van der Waals surface area contributed by atoms with Gasteiger partial charge in [0.2, 0.25) is 0 Å². The maximum atomic E-state index is 5.31. The van der Waals surface area contributed by atoms with Gasteiger partial charge in [-0.15, -0.1) is 11.3 Å². The number of aromatic nitrogens is 2. The predicted octanol–water partition coefficient (Wildman–Crippen LogP) is 3.75. The summed E-state index contributed by atoms with van der Waals surface area (Å²) in [5.41, 5.74) is 0.943. The van der Waals surface area contributed by atoms with E-state index in [9.17, 15) is 0 Å². The molecular weight excluding hydrogens is 370 g/mol. The van der Waals surface area contributed by atoms with E-state index in [0.717, 1.165) is 31.9 Å². The van der Waals surface area contributed by atoms with Crippen molar-refractivity contribution in [1.82, 2.24) is 15.5 Å². The standard InChI is InChI=1S/C10H9Br2N3OS/c11-7-4-5(8(12)17-7)10-14-9(15-16-10)6-2-1-3-13-6/h4,6,13H,1-3H2. The molecule has 0 bridgehead atoms. The maximum absolute atomic E-state index is 5.31. The number of thiophene rings is 1. The molecule has 0 spiro atoms. The van der Waals surface area contributed by atoms with Crippen LogP contribution in [0.3, 0.4) is 0 Å². The third-order valence-corrected chi connectivity index (χ3v) is 5.04. The SMILES string of the molecule is Brc1cc(-c2nc(C3CCCN3)no2)c(Br)s1. The average molecular weight is 379 g/mol. The molecule has 90 valence electrons. The number of halogens is 2. The molecule has 1 unspecified atom stereocenters. The number of nitrogens with one attached hydrogen (secondary N) is 1. The Hall–Kier alpha value is -0.240. The third kappa shape index (κ3) is 2.33. The van der Waals surface area contributed by atoms with Crippen molar-refractivity contribution in [2.75, 3.05) is 6.54 Å². The van der Waals surface area contributed by atoms with E-state index in [0.29, 0.717) is 5.89 Å². The molecule has 1 aliphatic rings. The van der Waals surface area contributed by atoms with Gasteiger partial charge < -0.3 is 9.84 Å². The Morgan fingerprint density at radius 2 is 2.35 bits per heavy atom. The minimum atomic E-state index is 0.244. The Labute approximate surface area is 119 Å². The summed E-state index contributed by atoms with van der Waals surface area (Å²) in [6.45, 7) is 1.03. The van der Waals surface area contributed by atoms with Crippen LogP contribution in [0.25, 0.3) is 11.5 Å². The second-order valence-corrected chi connectivity index (χ2v) is 7.59.